The molecule has 0 aromatic heterocycles. The zero-order valence-corrected chi connectivity index (χ0v) is 12.1. The molecule has 7 heteroatoms. The van der Waals surface area contributed by atoms with E-state index in [1.54, 1.807) is 0 Å². The third-order valence-corrected chi connectivity index (χ3v) is 3.63. The van der Waals surface area contributed by atoms with E-state index in [-0.39, 0.29) is 18.2 Å². The topological polar surface area (TPSA) is 66.8 Å². The van der Waals surface area contributed by atoms with Gasteiger partial charge in [0, 0.05) is 19.2 Å². The molecular weight excluding hydrogens is 296 g/mol. The standard InChI is InChI=1S/C15H17F2NO4/c1-9(22-11-4-5-12(16)13(17)7-11)14(19)18-6-2-3-10(8-18)15(20)21/h4-5,7,9-10H,2-3,6,8H2,1H3,(H,20,21)/t9-,10+/m1/s1. The first-order valence-electron chi connectivity index (χ1n) is 7.01. The fourth-order valence-corrected chi connectivity index (χ4v) is 2.44. The van der Waals surface area contributed by atoms with E-state index >= 15 is 0 Å². The van der Waals surface area contributed by atoms with Gasteiger partial charge in [-0.3, -0.25) is 9.59 Å². The van der Waals surface area contributed by atoms with Crippen LogP contribution in [0.1, 0.15) is 19.8 Å². The van der Waals surface area contributed by atoms with Gasteiger partial charge in [0.1, 0.15) is 5.75 Å². The van der Waals surface area contributed by atoms with Gasteiger partial charge >= 0.3 is 5.97 Å². The maximum Gasteiger partial charge on any atom is 0.308 e. The van der Waals surface area contributed by atoms with Gasteiger partial charge in [-0.05, 0) is 31.9 Å². The predicted octanol–water partition coefficient (Wildman–Crippen LogP) is 2.06. The lowest BCUT2D eigenvalue weighted by atomic mass is 9.98. The highest BCUT2D eigenvalue weighted by Crippen LogP contribution is 2.20. The molecule has 0 radical (unpaired) electrons. The summed E-state index contributed by atoms with van der Waals surface area (Å²) in [5.74, 6) is -3.87. The summed E-state index contributed by atoms with van der Waals surface area (Å²) in [5, 5.41) is 9.02. The summed E-state index contributed by atoms with van der Waals surface area (Å²) in [6, 6.07) is 3.02. The summed E-state index contributed by atoms with van der Waals surface area (Å²) in [6.45, 7) is 2.10. The van der Waals surface area contributed by atoms with Crippen LogP contribution in [-0.2, 0) is 9.59 Å². The molecule has 1 aromatic carbocycles. The van der Waals surface area contributed by atoms with Gasteiger partial charge in [-0.1, -0.05) is 0 Å². The number of ether oxygens (including phenoxy) is 1. The number of halogens is 2. The minimum atomic E-state index is -1.05. The van der Waals surface area contributed by atoms with E-state index < -0.39 is 29.6 Å². The number of nitrogens with zero attached hydrogens (tertiary/aromatic N) is 1. The fraction of sp³-hybridized carbons (Fsp3) is 0.467. The number of benzene rings is 1. The van der Waals surface area contributed by atoms with E-state index in [1.807, 2.05) is 0 Å². The van der Waals surface area contributed by atoms with Crippen molar-refractivity contribution in [3.05, 3.63) is 29.8 Å². The zero-order chi connectivity index (χ0) is 16.3. The lowest BCUT2D eigenvalue weighted by molar-refractivity contribution is -0.147. The van der Waals surface area contributed by atoms with Crippen LogP contribution in [0.4, 0.5) is 8.78 Å². The van der Waals surface area contributed by atoms with Crippen molar-refractivity contribution in [2.24, 2.45) is 5.92 Å². The molecule has 0 spiro atoms. The summed E-state index contributed by atoms with van der Waals surface area (Å²) >= 11 is 0. The highest BCUT2D eigenvalue weighted by atomic mass is 19.2. The molecule has 1 heterocycles. The number of hydrogen-bond donors (Lipinski definition) is 1. The monoisotopic (exact) mass is 313 g/mol. The average Bonchev–Trinajstić information content (AvgIpc) is 2.50. The number of carbonyl (C=O) groups excluding carboxylic acids is 1. The zero-order valence-electron chi connectivity index (χ0n) is 12.1. The van der Waals surface area contributed by atoms with E-state index in [0.29, 0.717) is 19.4 Å². The molecule has 1 aromatic rings. The molecule has 1 aliphatic rings. The maximum atomic E-state index is 13.1. The maximum absolute atomic E-state index is 13.1. The normalized spacial score (nSPS) is 19.6. The Morgan fingerprint density at radius 1 is 1.36 bits per heavy atom. The van der Waals surface area contributed by atoms with Gasteiger partial charge in [0.15, 0.2) is 17.7 Å². The third kappa shape index (κ3) is 3.72. The molecule has 0 aliphatic carbocycles. The van der Waals surface area contributed by atoms with Crippen molar-refractivity contribution in [3.8, 4) is 5.75 Å². The summed E-state index contributed by atoms with van der Waals surface area (Å²) in [6.07, 6.45) is 0.246. The molecule has 0 saturated carbocycles. The molecule has 5 nitrogen and oxygen atoms in total. The molecule has 1 aliphatic heterocycles. The molecule has 1 amide bonds. The van der Waals surface area contributed by atoms with Crippen molar-refractivity contribution in [2.75, 3.05) is 13.1 Å². The number of likely N-dealkylation sites (tertiary alicyclic amines) is 1. The second-order valence-corrected chi connectivity index (χ2v) is 5.30. The predicted molar refractivity (Wildman–Crippen MR) is 73.4 cm³/mol. The Hall–Kier alpha value is -2.18. The Morgan fingerprint density at radius 2 is 2.09 bits per heavy atom. The van der Waals surface area contributed by atoms with Gasteiger partial charge in [-0.25, -0.2) is 8.78 Å². The van der Waals surface area contributed by atoms with E-state index in [2.05, 4.69) is 0 Å². The SMILES string of the molecule is C[C@@H](Oc1ccc(F)c(F)c1)C(=O)N1CCC[C@H](C(=O)O)C1. The van der Waals surface area contributed by atoms with Gasteiger partial charge in [0.25, 0.3) is 5.91 Å². The molecule has 22 heavy (non-hydrogen) atoms. The summed E-state index contributed by atoms with van der Waals surface area (Å²) in [5.41, 5.74) is 0. The Kier molecular flexibility index (Phi) is 4.95. The first kappa shape index (κ1) is 16.2. The van der Waals surface area contributed by atoms with Gasteiger partial charge in [0.05, 0.1) is 5.92 Å². The van der Waals surface area contributed by atoms with Gasteiger partial charge in [-0.15, -0.1) is 0 Å². The van der Waals surface area contributed by atoms with Crippen LogP contribution in [-0.4, -0.2) is 41.1 Å². The van der Waals surface area contributed by atoms with Crippen LogP contribution >= 0.6 is 0 Å². The smallest absolute Gasteiger partial charge is 0.308 e. The molecule has 1 N–H and O–H groups in total. The molecule has 120 valence electrons. The van der Waals surface area contributed by atoms with Crippen LogP contribution in [0.3, 0.4) is 0 Å². The minimum Gasteiger partial charge on any atom is -0.481 e. The summed E-state index contributed by atoms with van der Waals surface area (Å²) < 4.78 is 31.3. The first-order valence-corrected chi connectivity index (χ1v) is 7.01. The Morgan fingerprint density at radius 3 is 2.73 bits per heavy atom. The highest BCUT2D eigenvalue weighted by molar-refractivity contribution is 5.82. The number of carboxylic acids is 1. The van der Waals surface area contributed by atoms with Crippen LogP contribution in [0.15, 0.2) is 18.2 Å². The molecule has 1 saturated heterocycles. The fourth-order valence-electron chi connectivity index (χ4n) is 2.44. The Labute approximate surface area is 126 Å². The molecule has 1 fully saturated rings. The van der Waals surface area contributed by atoms with E-state index in [0.717, 1.165) is 12.1 Å². The molecule has 2 atom stereocenters. The number of rotatable bonds is 4. The summed E-state index contributed by atoms with van der Waals surface area (Å²) in [7, 11) is 0. The minimum absolute atomic E-state index is 0.0477. The van der Waals surface area contributed by atoms with Gasteiger partial charge < -0.3 is 14.7 Å². The summed E-state index contributed by atoms with van der Waals surface area (Å²) in [4.78, 5) is 24.7. The second kappa shape index (κ2) is 6.72. The number of aliphatic carboxylic acids is 1. The third-order valence-electron chi connectivity index (χ3n) is 3.63. The van der Waals surface area contributed by atoms with E-state index in [1.165, 1.54) is 17.9 Å². The van der Waals surface area contributed by atoms with Crippen LogP contribution in [0, 0.1) is 17.6 Å². The van der Waals surface area contributed by atoms with Crippen LogP contribution < -0.4 is 4.74 Å². The highest BCUT2D eigenvalue weighted by Gasteiger charge is 2.31. The van der Waals surface area contributed by atoms with Crippen LogP contribution in [0.5, 0.6) is 5.75 Å². The number of hydrogen-bond acceptors (Lipinski definition) is 3. The largest absolute Gasteiger partial charge is 0.481 e. The number of piperidine rings is 1. The molecular formula is C15H17F2NO4. The Balaban J connectivity index is 1.99. The van der Waals surface area contributed by atoms with Crippen LogP contribution in [0.2, 0.25) is 0 Å². The van der Waals surface area contributed by atoms with Crippen molar-refractivity contribution in [2.45, 2.75) is 25.9 Å². The van der Waals surface area contributed by atoms with Crippen molar-refractivity contribution in [3.63, 3.8) is 0 Å². The average molecular weight is 313 g/mol. The van der Waals surface area contributed by atoms with E-state index in [9.17, 15) is 18.4 Å². The first-order chi connectivity index (χ1) is 10.4. The van der Waals surface area contributed by atoms with Crippen molar-refractivity contribution >= 4 is 11.9 Å². The molecule has 0 bridgehead atoms. The van der Waals surface area contributed by atoms with Crippen molar-refractivity contribution in [1.29, 1.82) is 0 Å². The second-order valence-electron chi connectivity index (χ2n) is 5.30. The lowest BCUT2D eigenvalue weighted by Gasteiger charge is -2.32. The van der Waals surface area contributed by atoms with E-state index in [4.69, 9.17) is 9.84 Å². The number of amides is 1. The number of carbonyl (C=O) groups is 2. The number of carboxylic acid groups (broad SMARTS) is 1. The Bertz CT molecular complexity index is 579. The van der Waals surface area contributed by atoms with Crippen molar-refractivity contribution in [1.82, 2.24) is 4.90 Å². The van der Waals surface area contributed by atoms with Crippen LogP contribution in [0.25, 0.3) is 0 Å². The van der Waals surface area contributed by atoms with Gasteiger partial charge in [0.2, 0.25) is 0 Å². The quantitative estimate of drug-likeness (QED) is 0.924. The molecule has 2 rings (SSSR count). The lowest BCUT2D eigenvalue weighted by Crippen LogP contribution is -2.47. The van der Waals surface area contributed by atoms with Gasteiger partial charge in [-0.2, -0.15) is 0 Å². The molecule has 0 unspecified atom stereocenters. The van der Waals surface area contributed by atoms with Crippen molar-refractivity contribution < 1.29 is 28.2 Å².